The molecule has 3 heterocycles. The molecule has 0 saturated carbocycles. The first-order valence-electron chi connectivity index (χ1n) is 11.3. The van der Waals surface area contributed by atoms with E-state index in [-0.39, 0.29) is 35.6 Å². The van der Waals surface area contributed by atoms with Gasteiger partial charge in [-0.05, 0) is 64.3 Å². The van der Waals surface area contributed by atoms with E-state index in [1.165, 1.54) is 6.07 Å². The summed E-state index contributed by atoms with van der Waals surface area (Å²) in [7, 11) is 0. The standard InChI is InChI=1S/C23H29F4N5O2/c1-22(2)12-15(10-16-4-3-7-32(16)22)29-20-18(24)13-28-21(31-20)30-14-5-6-19(34-9-8-33)17(11-14)23(25,26)27/h5-6,11,13,15-16,33H,3-4,7-10,12H2,1-2H3,(H2,28,29,30,31)/t15-,16+/m1/s1. The molecule has 2 atom stereocenters. The highest BCUT2D eigenvalue weighted by molar-refractivity contribution is 5.59. The fraction of sp³-hybridized carbons (Fsp3) is 0.565. The Bertz CT molecular complexity index is 1020. The summed E-state index contributed by atoms with van der Waals surface area (Å²) < 4.78 is 59.9. The van der Waals surface area contributed by atoms with Crippen LogP contribution in [-0.2, 0) is 6.18 Å². The van der Waals surface area contributed by atoms with Gasteiger partial charge in [-0.2, -0.15) is 18.2 Å². The predicted octanol–water partition coefficient (Wildman–Crippen LogP) is 4.57. The molecule has 1 aromatic carbocycles. The monoisotopic (exact) mass is 483 g/mol. The molecule has 0 amide bonds. The summed E-state index contributed by atoms with van der Waals surface area (Å²) in [5, 5.41) is 14.7. The van der Waals surface area contributed by atoms with Gasteiger partial charge in [0.15, 0.2) is 11.6 Å². The Kier molecular flexibility index (Phi) is 6.86. The molecule has 0 aliphatic carbocycles. The van der Waals surface area contributed by atoms with Gasteiger partial charge in [0, 0.05) is 23.3 Å². The van der Waals surface area contributed by atoms with Crippen molar-refractivity contribution in [2.45, 2.75) is 63.3 Å². The van der Waals surface area contributed by atoms with Crippen LogP contribution in [0.1, 0.15) is 45.1 Å². The van der Waals surface area contributed by atoms with Crippen LogP contribution in [0.15, 0.2) is 24.4 Å². The zero-order valence-corrected chi connectivity index (χ0v) is 19.1. The van der Waals surface area contributed by atoms with Gasteiger partial charge in [0.25, 0.3) is 0 Å². The Morgan fingerprint density at radius 2 is 2.09 bits per heavy atom. The summed E-state index contributed by atoms with van der Waals surface area (Å²) in [4.78, 5) is 10.6. The molecule has 2 aliphatic rings. The number of aliphatic hydroxyl groups excluding tert-OH is 1. The summed E-state index contributed by atoms with van der Waals surface area (Å²) >= 11 is 0. The topological polar surface area (TPSA) is 82.5 Å². The Labute approximate surface area is 195 Å². The van der Waals surface area contributed by atoms with E-state index in [0.717, 1.165) is 50.6 Å². The highest BCUT2D eigenvalue weighted by Gasteiger charge is 2.43. The third kappa shape index (κ3) is 5.35. The highest BCUT2D eigenvalue weighted by Crippen LogP contribution is 2.40. The number of fused-ring (bicyclic) bond motifs is 1. The van der Waals surface area contributed by atoms with E-state index in [2.05, 4.69) is 39.3 Å². The van der Waals surface area contributed by atoms with E-state index in [1.54, 1.807) is 0 Å². The SMILES string of the molecule is CC1(C)C[C@H](Nc2nc(Nc3ccc(OCCO)c(C(F)(F)F)c3)ncc2F)C[C@@H]2CCCN21. The molecule has 7 nitrogen and oxygen atoms in total. The smallest absolute Gasteiger partial charge is 0.420 e. The number of hydrogen-bond donors (Lipinski definition) is 3. The number of alkyl halides is 3. The van der Waals surface area contributed by atoms with Crippen molar-refractivity contribution in [2.75, 3.05) is 30.4 Å². The van der Waals surface area contributed by atoms with Crippen molar-refractivity contribution in [3.8, 4) is 5.75 Å². The molecule has 2 aromatic rings. The number of benzene rings is 1. The van der Waals surface area contributed by atoms with E-state index in [4.69, 9.17) is 9.84 Å². The molecule has 3 N–H and O–H groups in total. The van der Waals surface area contributed by atoms with Gasteiger partial charge in [0.1, 0.15) is 12.4 Å². The number of ether oxygens (including phenoxy) is 1. The third-order valence-electron chi connectivity index (χ3n) is 6.43. The molecule has 11 heteroatoms. The van der Waals surface area contributed by atoms with Crippen LogP contribution in [0.4, 0.5) is 35.0 Å². The number of piperidine rings is 1. The van der Waals surface area contributed by atoms with Crippen molar-refractivity contribution in [3.63, 3.8) is 0 Å². The second-order valence-electron chi connectivity index (χ2n) is 9.38. The molecular formula is C23H29F4N5O2. The molecule has 34 heavy (non-hydrogen) atoms. The number of anilines is 3. The number of rotatable bonds is 7. The predicted molar refractivity (Wildman–Crippen MR) is 120 cm³/mol. The van der Waals surface area contributed by atoms with Crippen LogP contribution in [-0.4, -0.2) is 57.4 Å². The second kappa shape index (κ2) is 9.53. The molecule has 0 unspecified atom stereocenters. The molecule has 4 rings (SSSR count). The summed E-state index contributed by atoms with van der Waals surface area (Å²) in [5.74, 6) is -1.03. The van der Waals surface area contributed by atoms with Gasteiger partial charge in [-0.3, -0.25) is 4.90 Å². The van der Waals surface area contributed by atoms with E-state index >= 15 is 0 Å². The van der Waals surface area contributed by atoms with Crippen molar-refractivity contribution in [2.24, 2.45) is 0 Å². The van der Waals surface area contributed by atoms with Crippen molar-refractivity contribution in [1.82, 2.24) is 14.9 Å². The first-order chi connectivity index (χ1) is 16.1. The summed E-state index contributed by atoms with van der Waals surface area (Å²) in [6.07, 6.45) is 0.290. The van der Waals surface area contributed by atoms with Crippen molar-refractivity contribution >= 4 is 17.5 Å². The molecule has 1 aromatic heterocycles. The molecule has 0 bridgehead atoms. The number of aliphatic hydroxyl groups is 1. The number of nitrogens with one attached hydrogen (secondary N) is 2. The Hall–Kier alpha value is -2.66. The van der Waals surface area contributed by atoms with Gasteiger partial charge in [0.2, 0.25) is 5.95 Å². The van der Waals surface area contributed by atoms with E-state index in [1.807, 2.05) is 0 Å². The van der Waals surface area contributed by atoms with Gasteiger partial charge < -0.3 is 20.5 Å². The van der Waals surface area contributed by atoms with Gasteiger partial charge in [-0.25, -0.2) is 9.37 Å². The fourth-order valence-corrected chi connectivity index (χ4v) is 5.08. The fourth-order valence-electron chi connectivity index (χ4n) is 5.08. The summed E-state index contributed by atoms with van der Waals surface area (Å²) in [5.41, 5.74) is -0.950. The molecule has 0 radical (unpaired) electrons. The van der Waals surface area contributed by atoms with Gasteiger partial charge in [-0.1, -0.05) is 0 Å². The molecule has 2 fully saturated rings. The zero-order chi connectivity index (χ0) is 24.5. The average Bonchev–Trinajstić information content (AvgIpc) is 3.24. The van der Waals surface area contributed by atoms with Gasteiger partial charge >= 0.3 is 6.18 Å². The Balaban J connectivity index is 1.51. The van der Waals surface area contributed by atoms with Crippen molar-refractivity contribution < 1.29 is 27.4 Å². The maximum absolute atomic E-state index is 14.5. The lowest BCUT2D eigenvalue weighted by molar-refractivity contribution is -0.139. The average molecular weight is 484 g/mol. The maximum Gasteiger partial charge on any atom is 0.420 e. The van der Waals surface area contributed by atoms with Gasteiger partial charge in [-0.15, -0.1) is 0 Å². The normalized spacial score (nSPS) is 22.3. The first kappa shape index (κ1) is 24.5. The van der Waals surface area contributed by atoms with Crippen LogP contribution >= 0.6 is 0 Å². The third-order valence-corrected chi connectivity index (χ3v) is 6.43. The van der Waals surface area contributed by atoms with E-state index < -0.39 is 29.9 Å². The lowest BCUT2D eigenvalue weighted by Gasteiger charge is -2.47. The minimum absolute atomic E-state index is 0.0173. The van der Waals surface area contributed by atoms with Crippen LogP contribution in [0.3, 0.4) is 0 Å². The van der Waals surface area contributed by atoms with Gasteiger partial charge in [0.05, 0.1) is 18.4 Å². The van der Waals surface area contributed by atoms with Crippen LogP contribution in [0.5, 0.6) is 5.75 Å². The van der Waals surface area contributed by atoms with E-state index in [0.29, 0.717) is 6.04 Å². The number of nitrogens with zero attached hydrogens (tertiary/aromatic N) is 3. The largest absolute Gasteiger partial charge is 0.491 e. The lowest BCUT2D eigenvalue weighted by atomic mass is 9.84. The van der Waals surface area contributed by atoms with Crippen LogP contribution in [0, 0.1) is 5.82 Å². The Morgan fingerprint density at radius 1 is 1.29 bits per heavy atom. The molecule has 2 saturated heterocycles. The van der Waals surface area contributed by atoms with Crippen molar-refractivity contribution in [3.05, 3.63) is 35.8 Å². The minimum Gasteiger partial charge on any atom is -0.491 e. The first-order valence-corrected chi connectivity index (χ1v) is 11.3. The molecule has 0 spiro atoms. The van der Waals surface area contributed by atoms with Crippen molar-refractivity contribution in [1.29, 1.82) is 0 Å². The molecular weight excluding hydrogens is 454 g/mol. The number of hydrogen-bond acceptors (Lipinski definition) is 7. The summed E-state index contributed by atoms with van der Waals surface area (Å²) in [6.45, 7) is 4.78. The number of halogens is 4. The quantitative estimate of drug-likeness (QED) is 0.498. The van der Waals surface area contributed by atoms with E-state index in [9.17, 15) is 17.6 Å². The van der Waals surface area contributed by atoms with Crippen LogP contribution in [0.2, 0.25) is 0 Å². The number of aromatic nitrogens is 2. The zero-order valence-electron chi connectivity index (χ0n) is 19.1. The second-order valence-corrected chi connectivity index (χ2v) is 9.38. The van der Waals surface area contributed by atoms with Crippen LogP contribution in [0.25, 0.3) is 0 Å². The molecule has 2 aliphatic heterocycles. The molecule has 186 valence electrons. The minimum atomic E-state index is -4.67. The highest BCUT2D eigenvalue weighted by atomic mass is 19.4. The van der Waals surface area contributed by atoms with Crippen LogP contribution < -0.4 is 15.4 Å². The lowest BCUT2D eigenvalue weighted by Crippen LogP contribution is -2.55. The Morgan fingerprint density at radius 3 is 2.82 bits per heavy atom. The summed E-state index contributed by atoms with van der Waals surface area (Å²) in [6, 6.07) is 3.86. The maximum atomic E-state index is 14.5.